The van der Waals surface area contributed by atoms with E-state index >= 15 is 0 Å². The van der Waals surface area contributed by atoms with Gasteiger partial charge >= 0.3 is 0 Å². The Morgan fingerprint density at radius 2 is 1.74 bits per heavy atom. The van der Waals surface area contributed by atoms with Crippen molar-refractivity contribution in [2.45, 2.75) is 70.4 Å². The summed E-state index contributed by atoms with van der Waals surface area (Å²) in [7, 11) is 0. The van der Waals surface area contributed by atoms with E-state index in [4.69, 9.17) is 0 Å². The van der Waals surface area contributed by atoms with E-state index in [-0.39, 0.29) is 0 Å². The summed E-state index contributed by atoms with van der Waals surface area (Å²) in [5.41, 5.74) is -0.918. The standard InChI is InChI=1S/C16H26N2O/c1-14(2)5-7-15(11-17,8-6-14)16(19)9-10-18(12-16)13-3-4-13/h13,19H,3-10,12H2,1-2H3. The van der Waals surface area contributed by atoms with Crippen LogP contribution in [0.15, 0.2) is 0 Å². The topological polar surface area (TPSA) is 47.3 Å². The summed E-state index contributed by atoms with van der Waals surface area (Å²) in [6, 6.07) is 3.24. The molecule has 1 unspecified atom stereocenters. The fourth-order valence-corrected chi connectivity index (χ4v) is 4.00. The summed E-state index contributed by atoms with van der Waals surface area (Å²) in [4.78, 5) is 2.42. The fourth-order valence-electron chi connectivity index (χ4n) is 4.00. The van der Waals surface area contributed by atoms with Gasteiger partial charge in [-0.05, 0) is 50.4 Å². The summed E-state index contributed by atoms with van der Waals surface area (Å²) in [6.07, 6.45) is 7.21. The molecule has 3 rings (SSSR count). The van der Waals surface area contributed by atoms with Gasteiger partial charge in [0.25, 0.3) is 0 Å². The quantitative estimate of drug-likeness (QED) is 0.832. The van der Waals surface area contributed by atoms with Crippen molar-refractivity contribution in [1.82, 2.24) is 4.90 Å². The molecule has 2 saturated carbocycles. The molecular weight excluding hydrogens is 236 g/mol. The van der Waals surface area contributed by atoms with E-state index in [1.807, 2.05) is 0 Å². The second kappa shape index (κ2) is 4.20. The lowest BCUT2D eigenvalue weighted by Crippen LogP contribution is -2.52. The smallest absolute Gasteiger partial charge is 0.0971 e. The van der Waals surface area contributed by atoms with Crippen LogP contribution in [0, 0.1) is 22.2 Å². The Morgan fingerprint density at radius 3 is 2.26 bits per heavy atom. The van der Waals surface area contributed by atoms with Gasteiger partial charge in [0.15, 0.2) is 0 Å². The van der Waals surface area contributed by atoms with Crippen molar-refractivity contribution in [2.75, 3.05) is 13.1 Å². The number of hydrogen-bond donors (Lipinski definition) is 1. The zero-order valence-corrected chi connectivity index (χ0v) is 12.3. The zero-order valence-electron chi connectivity index (χ0n) is 12.3. The van der Waals surface area contributed by atoms with Crippen molar-refractivity contribution in [3.05, 3.63) is 0 Å². The average Bonchev–Trinajstić information content (AvgIpc) is 3.14. The van der Waals surface area contributed by atoms with Crippen LogP contribution in [0.4, 0.5) is 0 Å². The lowest BCUT2D eigenvalue weighted by atomic mass is 9.58. The van der Waals surface area contributed by atoms with Crippen molar-refractivity contribution < 1.29 is 5.11 Å². The molecule has 3 fully saturated rings. The molecular formula is C16H26N2O. The van der Waals surface area contributed by atoms with Gasteiger partial charge in [0.1, 0.15) is 0 Å². The number of hydrogen-bond acceptors (Lipinski definition) is 3. The van der Waals surface area contributed by atoms with Gasteiger partial charge in [0.05, 0.1) is 17.1 Å². The second-order valence-electron chi connectivity index (χ2n) is 7.84. The SMILES string of the molecule is CC1(C)CCC(C#N)(C2(O)CCN(C3CC3)C2)CC1. The van der Waals surface area contributed by atoms with Gasteiger partial charge in [-0.3, -0.25) is 4.90 Å². The molecule has 19 heavy (non-hydrogen) atoms. The van der Waals surface area contributed by atoms with Crippen LogP contribution in [0.5, 0.6) is 0 Å². The van der Waals surface area contributed by atoms with Gasteiger partial charge in [-0.25, -0.2) is 0 Å². The molecule has 1 N–H and O–H groups in total. The highest BCUT2D eigenvalue weighted by Gasteiger charge is 2.57. The van der Waals surface area contributed by atoms with E-state index in [0.717, 1.165) is 45.2 Å². The highest BCUT2D eigenvalue weighted by molar-refractivity contribution is 5.17. The Bertz CT molecular complexity index is 397. The maximum absolute atomic E-state index is 11.1. The summed E-state index contributed by atoms with van der Waals surface area (Å²) < 4.78 is 0. The molecule has 1 aliphatic heterocycles. The Labute approximate surface area is 116 Å². The summed E-state index contributed by atoms with van der Waals surface area (Å²) in [6.45, 7) is 6.27. The molecule has 2 aliphatic carbocycles. The minimum Gasteiger partial charge on any atom is -0.387 e. The first kappa shape index (κ1) is 13.4. The first-order valence-corrected chi connectivity index (χ1v) is 7.78. The predicted molar refractivity (Wildman–Crippen MR) is 74.5 cm³/mol. The highest BCUT2D eigenvalue weighted by Crippen LogP contribution is 2.53. The van der Waals surface area contributed by atoms with E-state index in [1.165, 1.54) is 12.8 Å². The van der Waals surface area contributed by atoms with Crippen LogP contribution < -0.4 is 0 Å². The molecule has 0 spiro atoms. The summed E-state index contributed by atoms with van der Waals surface area (Å²) in [5.74, 6) is 0. The molecule has 3 heteroatoms. The molecule has 1 atom stereocenters. The van der Waals surface area contributed by atoms with E-state index in [0.29, 0.717) is 11.5 Å². The Kier molecular flexibility index (Phi) is 2.96. The van der Waals surface area contributed by atoms with E-state index < -0.39 is 11.0 Å². The van der Waals surface area contributed by atoms with Crippen molar-refractivity contribution in [3.63, 3.8) is 0 Å². The van der Waals surface area contributed by atoms with Crippen molar-refractivity contribution in [2.24, 2.45) is 10.8 Å². The van der Waals surface area contributed by atoms with Gasteiger partial charge < -0.3 is 5.11 Å². The maximum atomic E-state index is 11.1. The van der Waals surface area contributed by atoms with Gasteiger partial charge in [-0.2, -0.15) is 5.26 Å². The molecule has 0 aromatic rings. The van der Waals surface area contributed by atoms with Gasteiger partial charge in [0.2, 0.25) is 0 Å². The number of rotatable bonds is 2. The Hall–Kier alpha value is -0.590. The molecule has 0 aromatic heterocycles. The van der Waals surface area contributed by atoms with Crippen molar-refractivity contribution in [3.8, 4) is 6.07 Å². The fraction of sp³-hybridized carbons (Fsp3) is 0.938. The number of nitrogens with zero attached hydrogens (tertiary/aromatic N) is 2. The van der Waals surface area contributed by atoms with Crippen molar-refractivity contribution >= 4 is 0 Å². The first-order valence-electron chi connectivity index (χ1n) is 7.78. The second-order valence-corrected chi connectivity index (χ2v) is 7.84. The largest absolute Gasteiger partial charge is 0.387 e. The minimum atomic E-state index is -0.763. The number of β-amino-alcohol motifs (C(OH)–C–C–N with tert-alkyl or cyclic N) is 1. The molecule has 3 nitrogen and oxygen atoms in total. The summed E-state index contributed by atoms with van der Waals surface area (Å²) in [5, 5.41) is 20.9. The minimum absolute atomic E-state index is 0.339. The molecule has 0 bridgehead atoms. The van der Waals surface area contributed by atoms with Gasteiger partial charge in [-0.15, -0.1) is 0 Å². The zero-order chi connectivity index (χ0) is 13.7. The lowest BCUT2D eigenvalue weighted by molar-refractivity contribution is -0.0767. The normalized spacial score (nSPS) is 38.0. The van der Waals surface area contributed by atoms with E-state index in [2.05, 4.69) is 24.8 Å². The van der Waals surface area contributed by atoms with Crippen molar-refractivity contribution in [1.29, 1.82) is 5.26 Å². The van der Waals surface area contributed by atoms with Crippen LogP contribution in [0.2, 0.25) is 0 Å². The molecule has 1 heterocycles. The van der Waals surface area contributed by atoms with Crippen LogP contribution in [0.3, 0.4) is 0 Å². The Morgan fingerprint density at radius 1 is 1.11 bits per heavy atom. The molecule has 0 aromatic carbocycles. The molecule has 106 valence electrons. The number of aliphatic hydroxyl groups is 1. The van der Waals surface area contributed by atoms with E-state index in [9.17, 15) is 10.4 Å². The van der Waals surface area contributed by atoms with Crippen LogP contribution in [0.1, 0.15) is 58.8 Å². The molecule has 0 amide bonds. The summed E-state index contributed by atoms with van der Waals surface area (Å²) >= 11 is 0. The van der Waals surface area contributed by atoms with E-state index in [1.54, 1.807) is 0 Å². The maximum Gasteiger partial charge on any atom is 0.0971 e. The number of nitriles is 1. The predicted octanol–water partition coefficient (Wildman–Crippen LogP) is 2.70. The van der Waals surface area contributed by atoms with Crippen LogP contribution in [-0.2, 0) is 0 Å². The lowest BCUT2D eigenvalue weighted by Gasteiger charge is -2.47. The first-order chi connectivity index (χ1) is 8.90. The number of likely N-dealkylation sites (tertiary alicyclic amines) is 1. The van der Waals surface area contributed by atoms with Gasteiger partial charge in [0, 0.05) is 19.1 Å². The molecule has 0 radical (unpaired) electrons. The van der Waals surface area contributed by atoms with Crippen LogP contribution in [0.25, 0.3) is 0 Å². The average molecular weight is 262 g/mol. The third-order valence-corrected chi connectivity index (χ3v) is 5.90. The highest BCUT2D eigenvalue weighted by atomic mass is 16.3. The van der Waals surface area contributed by atoms with Crippen LogP contribution in [-0.4, -0.2) is 34.7 Å². The van der Waals surface area contributed by atoms with Crippen LogP contribution >= 0.6 is 0 Å². The molecule has 3 aliphatic rings. The monoisotopic (exact) mass is 262 g/mol. The molecule has 1 saturated heterocycles. The van der Waals surface area contributed by atoms with Gasteiger partial charge in [-0.1, -0.05) is 13.8 Å². The third kappa shape index (κ3) is 2.19. The third-order valence-electron chi connectivity index (χ3n) is 5.90. The Balaban J connectivity index is 1.77.